The summed E-state index contributed by atoms with van der Waals surface area (Å²) in [5.74, 6) is 0.309. The summed E-state index contributed by atoms with van der Waals surface area (Å²) < 4.78 is 10.7. The van der Waals surface area contributed by atoms with E-state index in [1.807, 2.05) is 30.3 Å². The van der Waals surface area contributed by atoms with Gasteiger partial charge in [0.25, 0.3) is 5.91 Å². The first-order valence-corrected chi connectivity index (χ1v) is 8.64. The number of anilines is 1. The molecule has 3 aromatic carbocycles. The number of rotatable bonds is 7. The lowest BCUT2D eigenvalue weighted by Gasteiger charge is -2.09. The third kappa shape index (κ3) is 5.43. The van der Waals surface area contributed by atoms with Crippen LogP contribution in [0, 0.1) is 0 Å². The van der Waals surface area contributed by atoms with E-state index in [4.69, 9.17) is 14.6 Å². The fourth-order valence-corrected chi connectivity index (χ4v) is 2.39. The molecule has 0 saturated heterocycles. The molecule has 0 heterocycles. The Balaban J connectivity index is 1.48. The number of carbonyl (C=O) groups excluding carboxylic acids is 2. The first-order chi connectivity index (χ1) is 13.6. The second-order valence-corrected chi connectivity index (χ2v) is 5.92. The van der Waals surface area contributed by atoms with Crippen molar-refractivity contribution in [2.24, 2.45) is 0 Å². The number of benzene rings is 3. The van der Waals surface area contributed by atoms with Crippen LogP contribution in [-0.2, 0) is 16.1 Å². The maximum Gasteiger partial charge on any atom is 0.338 e. The Kier molecular flexibility index (Phi) is 6.38. The van der Waals surface area contributed by atoms with E-state index >= 15 is 0 Å². The van der Waals surface area contributed by atoms with Crippen molar-refractivity contribution < 1.29 is 24.2 Å². The molecule has 0 aromatic heterocycles. The van der Waals surface area contributed by atoms with E-state index in [9.17, 15) is 9.59 Å². The normalized spacial score (nSPS) is 10.2. The highest BCUT2D eigenvalue weighted by molar-refractivity contribution is 5.95. The lowest BCUT2D eigenvalue weighted by Crippen LogP contribution is -2.20. The number of para-hydroxylation sites is 1. The molecule has 0 spiro atoms. The van der Waals surface area contributed by atoms with Crippen LogP contribution in [0.4, 0.5) is 5.69 Å². The molecule has 2 N–H and O–H groups in total. The Morgan fingerprint density at radius 2 is 1.46 bits per heavy atom. The minimum Gasteiger partial charge on any atom is -0.457 e. The van der Waals surface area contributed by atoms with Gasteiger partial charge in [-0.05, 0) is 54.1 Å². The molecule has 142 valence electrons. The highest BCUT2D eigenvalue weighted by atomic mass is 16.5. The van der Waals surface area contributed by atoms with Crippen molar-refractivity contribution in [1.82, 2.24) is 0 Å². The molecule has 6 nitrogen and oxygen atoms in total. The van der Waals surface area contributed by atoms with Gasteiger partial charge in [-0.2, -0.15) is 0 Å². The highest BCUT2D eigenvalue weighted by Crippen LogP contribution is 2.22. The topological polar surface area (TPSA) is 84.9 Å². The van der Waals surface area contributed by atoms with Crippen LogP contribution in [0.3, 0.4) is 0 Å². The van der Waals surface area contributed by atoms with Crippen LogP contribution in [0.5, 0.6) is 11.5 Å². The van der Waals surface area contributed by atoms with Crippen molar-refractivity contribution in [3.05, 3.63) is 90.0 Å². The van der Waals surface area contributed by atoms with Gasteiger partial charge in [0, 0.05) is 5.69 Å². The Morgan fingerprint density at radius 3 is 2.11 bits per heavy atom. The minimum atomic E-state index is -0.605. The summed E-state index contributed by atoms with van der Waals surface area (Å²) in [5.41, 5.74) is 1.56. The number of amides is 1. The molecule has 0 radical (unpaired) electrons. The maximum absolute atomic E-state index is 12.0. The van der Waals surface area contributed by atoms with E-state index in [1.54, 1.807) is 36.4 Å². The number of hydrogen-bond acceptors (Lipinski definition) is 5. The molecule has 0 atom stereocenters. The quantitative estimate of drug-likeness (QED) is 0.612. The van der Waals surface area contributed by atoms with E-state index in [1.165, 1.54) is 12.1 Å². The fraction of sp³-hybridized carbons (Fsp3) is 0.0909. The number of aliphatic hydroxyl groups is 1. The molecule has 0 aliphatic rings. The van der Waals surface area contributed by atoms with Gasteiger partial charge in [0.1, 0.15) is 11.5 Å². The molecule has 0 aliphatic heterocycles. The molecule has 6 heteroatoms. The van der Waals surface area contributed by atoms with E-state index in [2.05, 4.69) is 5.32 Å². The molecular weight excluding hydrogens is 358 g/mol. The lowest BCUT2D eigenvalue weighted by atomic mass is 10.1. The minimum absolute atomic E-state index is 0.104. The van der Waals surface area contributed by atoms with Gasteiger partial charge in [0.2, 0.25) is 0 Å². The predicted octanol–water partition coefficient (Wildman–Crippen LogP) is 3.77. The summed E-state index contributed by atoms with van der Waals surface area (Å²) >= 11 is 0. The number of aliphatic hydroxyl groups excluding tert-OH is 1. The third-order valence-electron chi connectivity index (χ3n) is 3.82. The first kappa shape index (κ1) is 19.1. The summed E-state index contributed by atoms with van der Waals surface area (Å²) in [6.45, 7) is -0.504. The van der Waals surface area contributed by atoms with Crippen LogP contribution in [0.2, 0.25) is 0 Å². The first-order valence-electron chi connectivity index (χ1n) is 8.64. The second-order valence-electron chi connectivity index (χ2n) is 5.92. The maximum atomic E-state index is 12.0. The number of nitrogens with one attached hydrogen (secondary N) is 1. The summed E-state index contributed by atoms with van der Waals surface area (Å²) in [5, 5.41) is 11.7. The summed E-state index contributed by atoms with van der Waals surface area (Å²) in [6.07, 6.45) is 0. The zero-order chi connectivity index (χ0) is 19.8. The van der Waals surface area contributed by atoms with E-state index in [-0.39, 0.29) is 6.61 Å². The van der Waals surface area contributed by atoms with Crippen LogP contribution in [0.25, 0.3) is 0 Å². The van der Waals surface area contributed by atoms with Crippen LogP contribution >= 0.6 is 0 Å². The van der Waals surface area contributed by atoms with Crippen molar-refractivity contribution in [3.8, 4) is 11.5 Å². The van der Waals surface area contributed by atoms with Crippen molar-refractivity contribution >= 4 is 17.6 Å². The summed E-state index contributed by atoms with van der Waals surface area (Å²) in [4.78, 5) is 23.9. The predicted molar refractivity (Wildman–Crippen MR) is 104 cm³/mol. The molecule has 0 fully saturated rings. The van der Waals surface area contributed by atoms with E-state index in [0.717, 1.165) is 5.75 Å². The van der Waals surface area contributed by atoms with Crippen LogP contribution in [-0.4, -0.2) is 23.6 Å². The Hall–Kier alpha value is -3.64. The Morgan fingerprint density at radius 1 is 0.821 bits per heavy atom. The average molecular weight is 377 g/mol. The molecule has 3 rings (SSSR count). The van der Waals surface area contributed by atoms with Crippen LogP contribution in [0.15, 0.2) is 78.9 Å². The van der Waals surface area contributed by atoms with Crippen LogP contribution in [0.1, 0.15) is 15.9 Å². The average Bonchev–Trinajstić information content (AvgIpc) is 2.74. The SMILES string of the molecule is O=C(COC(=O)c1ccc(CO)cc1)Nc1ccc(Oc2ccccc2)cc1. The largest absolute Gasteiger partial charge is 0.457 e. The molecule has 0 bridgehead atoms. The standard InChI is InChI=1S/C22H19NO5/c24-14-16-6-8-17(9-7-16)22(26)27-15-21(25)23-18-10-12-20(13-11-18)28-19-4-2-1-3-5-19/h1-13,24H,14-15H2,(H,23,25). The fourth-order valence-electron chi connectivity index (χ4n) is 2.39. The van der Waals surface area contributed by atoms with Crippen molar-refractivity contribution in [2.45, 2.75) is 6.61 Å². The third-order valence-corrected chi connectivity index (χ3v) is 3.82. The Bertz CT molecular complexity index is 921. The van der Waals surface area contributed by atoms with Crippen molar-refractivity contribution in [3.63, 3.8) is 0 Å². The molecule has 3 aromatic rings. The zero-order valence-electron chi connectivity index (χ0n) is 15.0. The molecule has 1 amide bonds. The summed E-state index contributed by atoms with van der Waals surface area (Å²) in [7, 11) is 0. The molecule has 0 aliphatic carbocycles. The monoisotopic (exact) mass is 377 g/mol. The van der Waals surface area contributed by atoms with Gasteiger partial charge in [-0.1, -0.05) is 30.3 Å². The van der Waals surface area contributed by atoms with Crippen LogP contribution < -0.4 is 10.1 Å². The van der Waals surface area contributed by atoms with Gasteiger partial charge in [-0.3, -0.25) is 4.79 Å². The number of carbonyl (C=O) groups is 2. The van der Waals surface area contributed by atoms with Gasteiger partial charge >= 0.3 is 5.97 Å². The number of ether oxygens (including phenoxy) is 2. The van der Waals surface area contributed by atoms with Gasteiger partial charge in [0.05, 0.1) is 12.2 Å². The molecule has 28 heavy (non-hydrogen) atoms. The van der Waals surface area contributed by atoms with Gasteiger partial charge in [-0.25, -0.2) is 4.79 Å². The van der Waals surface area contributed by atoms with Crippen molar-refractivity contribution in [2.75, 3.05) is 11.9 Å². The zero-order valence-corrected chi connectivity index (χ0v) is 15.0. The van der Waals surface area contributed by atoms with E-state index in [0.29, 0.717) is 22.6 Å². The second kappa shape index (κ2) is 9.34. The molecule has 0 saturated carbocycles. The Labute approximate surface area is 162 Å². The number of esters is 1. The molecular formula is C22H19NO5. The smallest absolute Gasteiger partial charge is 0.338 e. The molecule has 0 unspecified atom stereocenters. The van der Waals surface area contributed by atoms with Gasteiger partial charge in [-0.15, -0.1) is 0 Å². The highest BCUT2D eigenvalue weighted by Gasteiger charge is 2.10. The number of hydrogen-bond donors (Lipinski definition) is 2. The van der Waals surface area contributed by atoms with Gasteiger partial charge < -0.3 is 19.9 Å². The van der Waals surface area contributed by atoms with Gasteiger partial charge in [0.15, 0.2) is 6.61 Å². The van der Waals surface area contributed by atoms with E-state index < -0.39 is 18.5 Å². The van der Waals surface area contributed by atoms with Crippen molar-refractivity contribution in [1.29, 1.82) is 0 Å². The summed E-state index contributed by atoms with van der Waals surface area (Å²) in [6, 6.07) is 22.6. The lowest BCUT2D eigenvalue weighted by molar-refractivity contribution is -0.119.